The third-order valence-corrected chi connectivity index (χ3v) is 3.12. The van der Waals surface area contributed by atoms with E-state index in [9.17, 15) is 9.59 Å². The van der Waals surface area contributed by atoms with Gasteiger partial charge in [-0.25, -0.2) is 9.48 Å². The van der Waals surface area contributed by atoms with Crippen LogP contribution in [0.1, 0.15) is 36.5 Å². The van der Waals surface area contributed by atoms with Gasteiger partial charge in [0.05, 0.1) is 29.8 Å². The van der Waals surface area contributed by atoms with E-state index >= 15 is 0 Å². The van der Waals surface area contributed by atoms with E-state index in [1.54, 1.807) is 12.3 Å². The SMILES string of the molecule is CCCCC(NC(=O)c1cncc(-n2ccnn2)c1)C(=O)O. The van der Waals surface area contributed by atoms with Crippen LogP contribution in [0.15, 0.2) is 30.9 Å². The van der Waals surface area contributed by atoms with Crippen LogP contribution in [0.2, 0.25) is 0 Å². The second-order valence-corrected chi connectivity index (χ2v) is 4.79. The highest BCUT2D eigenvalue weighted by atomic mass is 16.4. The fourth-order valence-corrected chi connectivity index (χ4v) is 1.93. The average Bonchev–Trinajstić information content (AvgIpc) is 3.05. The maximum Gasteiger partial charge on any atom is 0.326 e. The lowest BCUT2D eigenvalue weighted by atomic mass is 10.1. The molecule has 2 N–H and O–H groups in total. The number of aromatic nitrogens is 4. The minimum atomic E-state index is -1.04. The van der Waals surface area contributed by atoms with Crippen molar-refractivity contribution in [3.05, 3.63) is 36.4 Å². The van der Waals surface area contributed by atoms with Gasteiger partial charge in [0.25, 0.3) is 5.91 Å². The van der Waals surface area contributed by atoms with Gasteiger partial charge in [-0.05, 0) is 12.5 Å². The van der Waals surface area contributed by atoms with Crippen LogP contribution in [-0.4, -0.2) is 43.0 Å². The molecule has 0 bridgehead atoms. The van der Waals surface area contributed by atoms with Crippen LogP contribution >= 0.6 is 0 Å². The molecule has 0 aliphatic heterocycles. The van der Waals surface area contributed by atoms with Crippen LogP contribution in [0, 0.1) is 0 Å². The molecule has 0 saturated carbocycles. The highest BCUT2D eigenvalue weighted by Crippen LogP contribution is 2.08. The van der Waals surface area contributed by atoms with Crippen molar-refractivity contribution in [1.82, 2.24) is 25.3 Å². The van der Waals surface area contributed by atoms with E-state index in [2.05, 4.69) is 20.6 Å². The summed E-state index contributed by atoms with van der Waals surface area (Å²) in [5, 5.41) is 19.2. The van der Waals surface area contributed by atoms with Crippen molar-refractivity contribution >= 4 is 11.9 Å². The molecule has 1 unspecified atom stereocenters. The van der Waals surface area contributed by atoms with E-state index < -0.39 is 17.9 Å². The van der Waals surface area contributed by atoms with Gasteiger partial charge in [0.15, 0.2) is 0 Å². The number of nitrogens with zero attached hydrogens (tertiary/aromatic N) is 4. The van der Waals surface area contributed by atoms with Crippen molar-refractivity contribution in [1.29, 1.82) is 0 Å². The summed E-state index contributed by atoms with van der Waals surface area (Å²) >= 11 is 0. The molecule has 1 amide bonds. The normalized spacial score (nSPS) is 11.9. The lowest BCUT2D eigenvalue weighted by Crippen LogP contribution is -2.40. The highest BCUT2D eigenvalue weighted by molar-refractivity contribution is 5.96. The molecule has 0 aliphatic carbocycles. The third kappa shape index (κ3) is 3.87. The molecule has 8 nitrogen and oxygen atoms in total. The van der Waals surface area contributed by atoms with Crippen LogP contribution in [0.4, 0.5) is 0 Å². The van der Waals surface area contributed by atoms with Gasteiger partial charge in [-0.3, -0.25) is 9.78 Å². The van der Waals surface area contributed by atoms with Gasteiger partial charge < -0.3 is 10.4 Å². The van der Waals surface area contributed by atoms with E-state index in [1.165, 1.54) is 23.3 Å². The van der Waals surface area contributed by atoms with E-state index in [4.69, 9.17) is 5.11 Å². The molecule has 0 saturated heterocycles. The van der Waals surface area contributed by atoms with E-state index in [0.717, 1.165) is 12.8 Å². The number of unbranched alkanes of at least 4 members (excludes halogenated alkanes) is 1. The van der Waals surface area contributed by atoms with Crippen LogP contribution in [0.5, 0.6) is 0 Å². The number of rotatable bonds is 7. The molecule has 0 aromatic carbocycles. The number of carboxylic acid groups (broad SMARTS) is 1. The predicted molar refractivity (Wildman–Crippen MR) is 77.6 cm³/mol. The summed E-state index contributed by atoms with van der Waals surface area (Å²) in [6.07, 6.45) is 8.05. The number of aliphatic carboxylic acids is 1. The molecule has 2 heterocycles. The predicted octanol–water partition coefficient (Wildman–Crippen LogP) is 1.04. The average molecular weight is 303 g/mol. The van der Waals surface area contributed by atoms with Gasteiger partial charge in [-0.1, -0.05) is 25.0 Å². The smallest absolute Gasteiger partial charge is 0.326 e. The summed E-state index contributed by atoms with van der Waals surface area (Å²) < 4.78 is 1.47. The van der Waals surface area contributed by atoms with Crippen LogP contribution in [-0.2, 0) is 4.79 Å². The standard InChI is InChI=1S/C14H17N5O3/c1-2-3-4-12(14(21)22)17-13(20)10-7-11(9-15-8-10)19-6-5-16-18-19/h5-9,12H,2-4H2,1H3,(H,17,20)(H,21,22). The summed E-state index contributed by atoms with van der Waals surface area (Å²) in [6.45, 7) is 1.96. The summed E-state index contributed by atoms with van der Waals surface area (Å²) in [7, 11) is 0. The number of carbonyl (C=O) groups excluding carboxylic acids is 1. The van der Waals surface area contributed by atoms with Crippen LogP contribution in [0.3, 0.4) is 0 Å². The van der Waals surface area contributed by atoms with Crippen molar-refractivity contribution < 1.29 is 14.7 Å². The lowest BCUT2D eigenvalue weighted by molar-refractivity contribution is -0.139. The Balaban J connectivity index is 2.12. The molecular weight excluding hydrogens is 286 g/mol. The molecule has 116 valence electrons. The highest BCUT2D eigenvalue weighted by Gasteiger charge is 2.20. The summed E-state index contributed by atoms with van der Waals surface area (Å²) in [4.78, 5) is 27.3. The summed E-state index contributed by atoms with van der Waals surface area (Å²) in [5.74, 6) is -1.51. The topological polar surface area (TPSA) is 110 Å². The fourth-order valence-electron chi connectivity index (χ4n) is 1.93. The number of carbonyl (C=O) groups is 2. The molecule has 2 aromatic rings. The molecular formula is C14H17N5O3. The Bertz CT molecular complexity index is 642. The van der Waals surface area contributed by atoms with Gasteiger partial charge in [0, 0.05) is 6.20 Å². The molecule has 8 heteroatoms. The molecule has 0 aliphatic rings. The first kappa shape index (κ1) is 15.6. The fraction of sp³-hybridized carbons (Fsp3) is 0.357. The molecule has 0 spiro atoms. The van der Waals surface area contributed by atoms with Crippen molar-refractivity contribution in [3.63, 3.8) is 0 Å². The maximum absolute atomic E-state index is 12.2. The zero-order chi connectivity index (χ0) is 15.9. The monoisotopic (exact) mass is 303 g/mol. The van der Waals surface area contributed by atoms with Gasteiger partial charge in [0.1, 0.15) is 6.04 Å². The largest absolute Gasteiger partial charge is 0.480 e. The summed E-state index contributed by atoms with van der Waals surface area (Å²) in [5.41, 5.74) is 0.848. The first-order chi connectivity index (χ1) is 10.6. The zero-order valence-electron chi connectivity index (χ0n) is 12.1. The quantitative estimate of drug-likeness (QED) is 0.790. The minimum absolute atomic E-state index is 0.274. The number of amides is 1. The summed E-state index contributed by atoms with van der Waals surface area (Å²) in [6, 6.07) is 0.679. The Morgan fingerprint density at radius 1 is 1.41 bits per heavy atom. The van der Waals surface area contributed by atoms with Gasteiger partial charge in [-0.2, -0.15) is 0 Å². The van der Waals surface area contributed by atoms with Gasteiger partial charge in [-0.15, -0.1) is 5.10 Å². The van der Waals surface area contributed by atoms with E-state index in [1.807, 2.05) is 6.92 Å². The first-order valence-electron chi connectivity index (χ1n) is 6.97. The molecule has 1 atom stereocenters. The number of nitrogens with one attached hydrogen (secondary N) is 1. The van der Waals surface area contributed by atoms with Crippen LogP contribution in [0.25, 0.3) is 5.69 Å². The first-order valence-corrected chi connectivity index (χ1v) is 6.97. The number of pyridine rings is 1. The van der Waals surface area contributed by atoms with Crippen molar-refractivity contribution in [3.8, 4) is 5.69 Å². The number of hydrogen-bond acceptors (Lipinski definition) is 5. The van der Waals surface area contributed by atoms with Crippen LogP contribution < -0.4 is 5.32 Å². The Hall–Kier alpha value is -2.77. The van der Waals surface area contributed by atoms with Gasteiger partial charge >= 0.3 is 5.97 Å². The Kier molecular flexibility index (Phi) is 5.18. The second-order valence-electron chi connectivity index (χ2n) is 4.79. The van der Waals surface area contributed by atoms with E-state index in [-0.39, 0.29) is 5.56 Å². The molecule has 0 radical (unpaired) electrons. The number of hydrogen-bond donors (Lipinski definition) is 2. The third-order valence-electron chi connectivity index (χ3n) is 3.12. The maximum atomic E-state index is 12.2. The second kappa shape index (κ2) is 7.30. The molecule has 0 fully saturated rings. The molecule has 22 heavy (non-hydrogen) atoms. The Morgan fingerprint density at radius 2 is 2.23 bits per heavy atom. The van der Waals surface area contributed by atoms with E-state index in [0.29, 0.717) is 12.1 Å². The lowest BCUT2D eigenvalue weighted by Gasteiger charge is -2.14. The molecule has 2 aromatic heterocycles. The zero-order valence-corrected chi connectivity index (χ0v) is 12.1. The number of carboxylic acids is 1. The minimum Gasteiger partial charge on any atom is -0.480 e. The molecule has 2 rings (SSSR count). The van der Waals surface area contributed by atoms with Crippen molar-refractivity contribution in [2.45, 2.75) is 32.2 Å². The van der Waals surface area contributed by atoms with Crippen molar-refractivity contribution in [2.24, 2.45) is 0 Å². The Labute approximate surface area is 127 Å². The van der Waals surface area contributed by atoms with Gasteiger partial charge in [0.2, 0.25) is 0 Å². The van der Waals surface area contributed by atoms with Crippen molar-refractivity contribution in [2.75, 3.05) is 0 Å². The Morgan fingerprint density at radius 3 is 2.86 bits per heavy atom.